The van der Waals surface area contributed by atoms with Crippen molar-refractivity contribution in [3.63, 3.8) is 0 Å². The lowest BCUT2D eigenvalue weighted by Gasteiger charge is -2.13. The van der Waals surface area contributed by atoms with E-state index in [2.05, 4.69) is 15.8 Å². The van der Waals surface area contributed by atoms with Gasteiger partial charge in [0, 0.05) is 0 Å². The van der Waals surface area contributed by atoms with Crippen molar-refractivity contribution in [3.8, 4) is 5.75 Å². The van der Waals surface area contributed by atoms with E-state index in [1.165, 1.54) is 6.21 Å². The van der Waals surface area contributed by atoms with Crippen LogP contribution in [0.3, 0.4) is 0 Å². The number of carbonyl (C=O) groups is 2. The summed E-state index contributed by atoms with van der Waals surface area (Å²) in [7, 11) is 0. The maximum absolute atomic E-state index is 12.0. The van der Waals surface area contributed by atoms with Gasteiger partial charge in [-0.2, -0.15) is 5.10 Å². The van der Waals surface area contributed by atoms with Crippen LogP contribution < -0.4 is 15.5 Å². The molecule has 6 nitrogen and oxygen atoms in total. The number of benzene rings is 3. The van der Waals surface area contributed by atoms with Gasteiger partial charge in [0.15, 0.2) is 0 Å². The summed E-state index contributed by atoms with van der Waals surface area (Å²) in [5, 5.41) is 6.48. The van der Waals surface area contributed by atoms with Crippen molar-refractivity contribution in [2.24, 2.45) is 5.10 Å². The smallest absolute Gasteiger partial charge is 0.329 e. The number of amides is 2. The maximum atomic E-state index is 12.0. The molecule has 0 radical (unpaired) electrons. The summed E-state index contributed by atoms with van der Waals surface area (Å²) in [6.45, 7) is 2.30. The van der Waals surface area contributed by atoms with E-state index >= 15 is 0 Å². The van der Waals surface area contributed by atoms with Crippen LogP contribution in [0.1, 0.15) is 29.7 Å². The van der Waals surface area contributed by atoms with Crippen molar-refractivity contribution in [2.45, 2.75) is 19.6 Å². The molecule has 0 heterocycles. The number of rotatable bonds is 7. The van der Waals surface area contributed by atoms with Crippen LogP contribution in [0.25, 0.3) is 0 Å². The van der Waals surface area contributed by atoms with Crippen LogP contribution in [0, 0.1) is 0 Å². The topological polar surface area (TPSA) is 79.8 Å². The van der Waals surface area contributed by atoms with Gasteiger partial charge in [0.05, 0.1) is 12.3 Å². The van der Waals surface area contributed by atoms with Crippen LogP contribution >= 0.6 is 0 Å². The van der Waals surface area contributed by atoms with Crippen molar-refractivity contribution in [1.29, 1.82) is 0 Å². The average molecular weight is 401 g/mol. The summed E-state index contributed by atoms with van der Waals surface area (Å²) < 4.78 is 5.73. The normalized spacial score (nSPS) is 11.6. The van der Waals surface area contributed by atoms with Crippen molar-refractivity contribution >= 4 is 18.0 Å². The Kier molecular flexibility index (Phi) is 7.33. The van der Waals surface area contributed by atoms with Gasteiger partial charge < -0.3 is 10.1 Å². The summed E-state index contributed by atoms with van der Waals surface area (Å²) in [6.07, 6.45) is 1.47. The molecule has 3 rings (SSSR count). The highest BCUT2D eigenvalue weighted by molar-refractivity contribution is 6.35. The zero-order valence-electron chi connectivity index (χ0n) is 16.6. The number of nitrogens with zero attached hydrogens (tertiary/aromatic N) is 1. The van der Waals surface area contributed by atoms with E-state index in [4.69, 9.17) is 4.74 Å². The van der Waals surface area contributed by atoms with Crippen molar-refractivity contribution in [1.82, 2.24) is 10.7 Å². The molecular formula is C24H23N3O3. The lowest BCUT2D eigenvalue weighted by Crippen LogP contribution is -2.39. The molecule has 0 aliphatic carbocycles. The summed E-state index contributed by atoms with van der Waals surface area (Å²) >= 11 is 0. The highest BCUT2D eigenvalue weighted by atomic mass is 16.5. The molecule has 2 N–H and O–H groups in total. The molecule has 1 unspecified atom stereocenters. The molecule has 3 aromatic rings. The molecule has 2 amide bonds. The molecule has 0 saturated carbocycles. The highest BCUT2D eigenvalue weighted by Gasteiger charge is 2.16. The van der Waals surface area contributed by atoms with Gasteiger partial charge in [-0.25, -0.2) is 5.43 Å². The number of hydrogen-bond donors (Lipinski definition) is 2. The summed E-state index contributed by atoms with van der Waals surface area (Å²) in [6, 6.07) is 26.3. The molecule has 1 atom stereocenters. The second kappa shape index (κ2) is 10.6. The van der Waals surface area contributed by atoms with Crippen molar-refractivity contribution in [2.75, 3.05) is 0 Å². The van der Waals surface area contributed by atoms with E-state index in [9.17, 15) is 9.59 Å². The van der Waals surface area contributed by atoms with Gasteiger partial charge in [-0.3, -0.25) is 9.59 Å². The molecule has 0 spiro atoms. The third kappa shape index (κ3) is 6.31. The first kappa shape index (κ1) is 20.8. The first-order valence-electron chi connectivity index (χ1n) is 9.57. The van der Waals surface area contributed by atoms with E-state index < -0.39 is 11.8 Å². The number of ether oxygens (including phenoxy) is 1. The van der Waals surface area contributed by atoms with Gasteiger partial charge in [-0.15, -0.1) is 0 Å². The first-order valence-corrected chi connectivity index (χ1v) is 9.57. The largest absolute Gasteiger partial charge is 0.489 e. The van der Waals surface area contributed by atoms with Crippen molar-refractivity contribution < 1.29 is 14.3 Å². The summed E-state index contributed by atoms with van der Waals surface area (Å²) in [5.41, 5.74) is 5.00. The lowest BCUT2D eigenvalue weighted by molar-refractivity contribution is -0.139. The van der Waals surface area contributed by atoms with E-state index in [-0.39, 0.29) is 6.04 Å². The Morgan fingerprint density at radius 2 is 1.53 bits per heavy atom. The third-order valence-corrected chi connectivity index (χ3v) is 4.36. The zero-order valence-corrected chi connectivity index (χ0v) is 16.6. The fourth-order valence-corrected chi connectivity index (χ4v) is 2.69. The second-order valence-corrected chi connectivity index (χ2v) is 6.65. The zero-order chi connectivity index (χ0) is 21.2. The fourth-order valence-electron chi connectivity index (χ4n) is 2.69. The van der Waals surface area contributed by atoms with Gasteiger partial charge in [0.25, 0.3) is 0 Å². The minimum Gasteiger partial charge on any atom is -0.489 e. The molecule has 0 bridgehead atoms. The Morgan fingerprint density at radius 3 is 2.20 bits per heavy atom. The summed E-state index contributed by atoms with van der Waals surface area (Å²) in [5.74, 6) is -0.834. The molecule has 0 saturated heterocycles. The molecule has 0 aromatic heterocycles. The molecule has 0 aliphatic heterocycles. The maximum Gasteiger partial charge on any atom is 0.329 e. The minimum atomic E-state index is -0.822. The molecule has 6 heteroatoms. The van der Waals surface area contributed by atoms with E-state index in [0.29, 0.717) is 6.61 Å². The van der Waals surface area contributed by atoms with Gasteiger partial charge in [0.2, 0.25) is 0 Å². The van der Waals surface area contributed by atoms with E-state index in [0.717, 1.165) is 22.4 Å². The Morgan fingerprint density at radius 1 is 0.900 bits per heavy atom. The molecule has 0 fully saturated rings. The molecule has 0 aliphatic rings. The standard InChI is InChI=1S/C24H23N3O3/c1-18(21-10-6-3-7-11-21)26-23(28)24(29)27-25-16-19-12-14-22(15-13-19)30-17-20-8-4-2-5-9-20/h2-16,18H,17H2,1H3,(H,26,28)(H,27,29). The van der Waals surface area contributed by atoms with Gasteiger partial charge in [0.1, 0.15) is 12.4 Å². The van der Waals surface area contributed by atoms with Crippen LogP contribution in [0.2, 0.25) is 0 Å². The second-order valence-electron chi connectivity index (χ2n) is 6.65. The SMILES string of the molecule is CC(NC(=O)C(=O)NN=Cc1ccc(OCc2ccccc2)cc1)c1ccccc1. The average Bonchev–Trinajstić information content (AvgIpc) is 2.79. The van der Waals surface area contributed by atoms with Crippen LogP contribution in [-0.4, -0.2) is 18.0 Å². The van der Waals surface area contributed by atoms with Crippen LogP contribution in [0.4, 0.5) is 0 Å². The Balaban J connectivity index is 1.45. The quantitative estimate of drug-likeness (QED) is 0.361. The number of hydrogen-bond acceptors (Lipinski definition) is 4. The molecule has 152 valence electrons. The molecule has 30 heavy (non-hydrogen) atoms. The van der Waals surface area contributed by atoms with Gasteiger partial charge in [-0.05, 0) is 47.9 Å². The lowest BCUT2D eigenvalue weighted by atomic mass is 10.1. The van der Waals surface area contributed by atoms with Gasteiger partial charge >= 0.3 is 11.8 Å². The van der Waals surface area contributed by atoms with E-state index in [1.54, 1.807) is 0 Å². The Labute approximate surface area is 175 Å². The minimum absolute atomic E-state index is 0.281. The molecular weight excluding hydrogens is 378 g/mol. The monoisotopic (exact) mass is 401 g/mol. The van der Waals surface area contributed by atoms with Crippen LogP contribution in [0.15, 0.2) is 90.0 Å². The number of hydrazone groups is 1. The predicted molar refractivity (Wildman–Crippen MR) is 116 cm³/mol. The first-order chi connectivity index (χ1) is 14.6. The summed E-state index contributed by atoms with van der Waals surface area (Å²) in [4.78, 5) is 23.9. The Bertz CT molecular complexity index is 987. The van der Waals surface area contributed by atoms with Crippen LogP contribution in [0.5, 0.6) is 5.75 Å². The highest BCUT2D eigenvalue weighted by Crippen LogP contribution is 2.13. The third-order valence-electron chi connectivity index (χ3n) is 4.36. The predicted octanol–water partition coefficient (Wildman–Crippen LogP) is 3.59. The fraction of sp³-hybridized carbons (Fsp3) is 0.125. The number of carbonyl (C=O) groups excluding carboxylic acids is 2. The van der Waals surface area contributed by atoms with E-state index in [1.807, 2.05) is 91.9 Å². The van der Waals surface area contributed by atoms with Crippen LogP contribution in [-0.2, 0) is 16.2 Å². The Hall–Kier alpha value is -3.93. The van der Waals surface area contributed by atoms with Gasteiger partial charge in [-0.1, -0.05) is 60.7 Å². The van der Waals surface area contributed by atoms with Crippen molar-refractivity contribution in [3.05, 3.63) is 102 Å². The molecule has 3 aromatic carbocycles. The number of nitrogens with one attached hydrogen (secondary N) is 2.